The van der Waals surface area contributed by atoms with Crippen LogP contribution in [0.25, 0.3) is 55.2 Å². The summed E-state index contributed by atoms with van der Waals surface area (Å²) < 4.78 is 144. The largest absolute Gasteiger partial charge is 1.00 e. The van der Waals surface area contributed by atoms with Crippen molar-refractivity contribution in [3.8, 4) is 56.8 Å². The number of ether oxygens (including phenoxy) is 8. The van der Waals surface area contributed by atoms with Crippen LogP contribution in [0, 0.1) is 35.5 Å². The van der Waals surface area contributed by atoms with Gasteiger partial charge in [-0.2, -0.15) is 13.2 Å². The number of aliphatic carboxylic acids is 1. The SMILES string of the molecule is CCOC(=O)Cc1ccc(OC)cc1OCc1cc(-c2cccc(CN)c2F)c2oc(F)cc2c1.CCOC(=O)Cc1ccc(OC)cc1OCc1cc(Br)c2oc(F)cc2c1.COc1ccc(CC(=O)O)c(OCc2cc(-c3cccc(CN)c3F)c3oc(F)cc3c2)c1.Cl.NCc1cccc(B(O)O)c1F.[Li+].[OH-]. The Morgan fingerprint density at radius 1 is 0.445 bits per heavy atom. The predicted octanol–water partition coefficient (Wildman–Crippen LogP) is 11.8. The van der Waals surface area contributed by atoms with E-state index in [0.29, 0.717) is 117 Å². The molecule has 0 atom stereocenters. The summed E-state index contributed by atoms with van der Waals surface area (Å²) in [4.78, 5) is 35.1. The van der Waals surface area contributed by atoms with Gasteiger partial charge in [-0.1, -0.05) is 72.8 Å². The molecule has 0 saturated heterocycles. The molecule has 0 aliphatic carbocycles. The Morgan fingerprint density at radius 2 is 0.791 bits per heavy atom. The quantitative estimate of drug-likeness (QED) is 0.0167. The molecule has 0 aliphatic rings. The second kappa shape index (κ2) is 42.0. The fraction of sp³-hybridized carbons (Fsp3) is 0.203. The van der Waals surface area contributed by atoms with Crippen LogP contribution >= 0.6 is 28.3 Å². The monoisotopic (exact) mass is 1600 g/mol. The normalized spacial score (nSPS) is 10.6. The molecule has 9 aromatic carbocycles. The van der Waals surface area contributed by atoms with Crippen LogP contribution < -0.4 is 69.9 Å². The molecule has 0 unspecified atom stereocenters. The molecule has 110 heavy (non-hydrogen) atoms. The number of halogens is 8. The van der Waals surface area contributed by atoms with Gasteiger partial charge in [0.05, 0.1) is 58.3 Å². The predicted molar refractivity (Wildman–Crippen MR) is 400 cm³/mol. The van der Waals surface area contributed by atoms with Crippen molar-refractivity contribution >= 4 is 91.7 Å². The summed E-state index contributed by atoms with van der Waals surface area (Å²) >= 11 is 3.38. The Hall–Kier alpha value is -10.4. The molecule has 31 heteroatoms. The molecule has 21 nitrogen and oxygen atoms in total. The first-order valence-corrected chi connectivity index (χ1v) is 33.8. The van der Waals surface area contributed by atoms with Gasteiger partial charge < -0.3 is 89.0 Å². The van der Waals surface area contributed by atoms with Crippen molar-refractivity contribution in [1.82, 2.24) is 0 Å². The van der Waals surface area contributed by atoms with Crippen LogP contribution in [-0.2, 0) is 82.6 Å². The van der Waals surface area contributed by atoms with Crippen molar-refractivity contribution in [2.45, 2.75) is 72.6 Å². The Labute approximate surface area is 654 Å². The standard InChI is InChI=1S/C27H25F2NO5.C25H21F2NO5.C20H18BrFO5.C7H9BFNO2.ClH.Li.H2O/c1-3-33-25(31)12-17-7-8-20(32-2)13-23(17)34-15-16-9-19-11-24(28)35-27(19)22(10-16)21-6-4-5-18(14-30)26(21)29;1-31-18-6-5-15(10-23(29)30)21(11-18)32-13-14-7-17-9-22(26)33-25(17)20(8-14)19-4-2-3-16(12-28)24(19)27;1-3-25-19(23)9-13-4-5-15(24-2)10-17(13)26-11-12-6-14-8-18(22)27-20(14)16(21)7-12;9-7-5(4-10)2-1-3-6(7)8(11)12;;;/h4-11,13H,3,12,14-15,30H2,1-2H3;2-9,11H,10,12-13,28H2,1H3,(H,29,30);4-8,10H,3,9,11H2,1-2H3;1-3,11-12H,4,10H2;1H;;1H2/q;;;;;+1;/p-1. The van der Waals surface area contributed by atoms with E-state index in [9.17, 15) is 37.1 Å². The first-order chi connectivity index (χ1) is 51.5. The Balaban J connectivity index is 0.000000238. The van der Waals surface area contributed by atoms with E-state index in [1.165, 1.54) is 50.6 Å². The van der Waals surface area contributed by atoms with Crippen LogP contribution in [0.5, 0.6) is 34.5 Å². The zero-order chi connectivity index (χ0) is 77.0. The molecule has 0 saturated carbocycles. The van der Waals surface area contributed by atoms with E-state index in [4.69, 9.17) is 78.4 Å². The number of benzene rings is 9. The van der Waals surface area contributed by atoms with Crippen molar-refractivity contribution in [3.05, 3.63) is 254 Å². The van der Waals surface area contributed by atoms with Crippen molar-refractivity contribution in [1.29, 1.82) is 0 Å². The molecule has 0 radical (unpaired) electrons. The van der Waals surface area contributed by atoms with Crippen LogP contribution in [0.15, 0.2) is 182 Å². The first kappa shape index (κ1) is 88.5. The van der Waals surface area contributed by atoms with Crippen molar-refractivity contribution in [2.75, 3.05) is 34.5 Å². The van der Waals surface area contributed by atoms with Gasteiger partial charge in [-0.05, 0) is 101 Å². The Kier molecular flexibility index (Phi) is 33.7. The molecule has 574 valence electrons. The number of fused-ring (bicyclic) bond motifs is 3. The van der Waals surface area contributed by atoms with Gasteiger partial charge >= 0.3 is 43.9 Å². The topological polar surface area (TPSA) is 333 Å². The Bertz CT molecular complexity index is 5150. The maximum atomic E-state index is 15.1. The number of carboxylic acid groups (broad SMARTS) is 1. The van der Waals surface area contributed by atoms with Gasteiger partial charge in [0.2, 0.25) is 0 Å². The molecule has 12 aromatic rings. The van der Waals surface area contributed by atoms with Crippen LogP contribution in [-0.4, -0.2) is 80.2 Å². The number of hydrogen-bond donors (Lipinski definition) is 6. The molecule has 10 N–H and O–H groups in total. The summed E-state index contributed by atoms with van der Waals surface area (Å²) in [7, 11) is 2.80. The molecule has 0 fully saturated rings. The molecule has 3 aromatic heterocycles. The summed E-state index contributed by atoms with van der Waals surface area (Å²) in [5.74, 6) is -0.365. The molecule has 12 rings (SSSR count). The van der Waals surface area contributed by atoms with Gasteiger partial charge in [-0.25, -0.2) is 13.2 Å². The number of esters is 2. The number of rotatable bonds is 26. The average molecular weight is 1600 g/mol. The molecule has 0 bridgehead atoms. The maximum absolute atomic E-state index is 15.1. The molecule has 0 aliphatic heterocycles. The molecular weight excluding hydrogens is 1530 g/mol. The number of hydrogen-bond acceptors (Lipinski definition) is 20. The van der Waals surface area contributed by atoms with E-state index in [1.807, 2.05) is 0 Å². The van der Waals surface area contributed by atoms with Gasteiger partial charge in [0.15, 0.2) is 5.58 Å². The molecular formula is C79H75BBrClF6LiN3O18. The third-order valence-electron chi connectivity index (χ3n) is 16.3. The fourth-order valence-electron chi connectivity index (χ4n) is 11.2. The third-order valence-corrected chi connectivity index (χ3v) is 16.9. The van der Waals surface area contributed by atoms with Crippen molar-refractivity contribution in [2.24, 2.45) is 17.2 Å². The number of carboxylic acids is 1. The minimum atomic E-state index is -1.78. The van der Waals surface area contributed by atoms with Gasteiger partial charge in [-0.15, -0.1) is 12.4 Å². The maximum Gasteiger partial charge on any atom is 1.00 e. The first-order valence-electron chi connectivity index (χ1n) is 33.0. The van der Waals surface area contributed by atoms with Crippen LogP contribution in [0.1, 0.15) is 63.9 Å². The number of methoxy groups -OCH3 is 3. The van der Waals surface area contributed by atoms with Gasteiger partial charge in [0.1, 0.15) is 82.9 Å². The summed E-state index contributed by atoms with van der Waals surface area (Å²) in [5.41, 5.74) is 23.3. The zero-order valence-corrected chi connectivity index (χ0v) is 62.6. The number of carbonyl (C=O) groups is 3. The smallest absolute Gasteiger partial charge is 0.870 e. The zero-order valence-electron chi connectivity index (χ0n) is 60.2. The van der Waals surface area contributed by atoms with Crippen LogP contribution in [0.3, 0.4) is 0 Å². The molecule has 0 spiro atoms. The number of nitrogens with two attached hydrogens (primary N) is 3. The van der Waals surface area contributed by atoms with E-state index < -0.39 is 48.6 Å². The fourth-order valence-corrected chi connectivity index (χ4v) is 11.8. The van der Waals surface area contributed by atoms with E-state index >= 15 is 8.78 Å². The second-order valence-corrected chi connectivity index (χ2v) is 24.3. The molecule has 3 heterocycles. The van der Waals surface area contributed by atoms with Crippen LogP contribution in [0.4, 0.5) is 26.3 Å². The van der Waals surface area contributed by atoms with Gasteiger partial charge in [0.25, 0.3) is 18.0 Å². The van der Waals surface area contributed by atoms with Crippen molar-refractivity contribution < 1.29 is 131 Å². The van der Waals surface area contributed by atoms with Gasteiger partial charge in [-0.3, -0.25) is 14.4 Å². The summed E-state index contributed by atoms with van der Waals surface area (Å²) in [6.07, 6.45) is -0.0992. The summed E-state index contributed by atoms with van der Waals surface area (Å²) in [6.45, 7) is 4.49. The minimum absolute atomic E-state index is 0. The van der Waals surface area contributed by atoms with E-state index in [2.05, 4.69) is 15.9 Å². The number of carbonyl (C=O) groups excluding carboxylic acids is 2. The summed E-state index contributed by atoms with van der Waals surface area (Å²) in [5, 5.41) is 28.1. The van der Waals surface area contributed by atoms with Crippen LogP contribution in [0.2, 0.25) is 0 Å². The second-order valence-electron chi connectivity index (χ2n) is 23.5. The molecule has 0 amide bonds. The minimum Gasteiger partial charge on any atom is -0.870 e. The third kappa shape index (κ3) is 22.9. The Morgan fingerprint density at radius 3 is 1.15 bits per heavy atom. The van der Waals surface area contributed by atoms with E-state index in [1.54, 1.807) is 148 Å². The van der Waals surface area contributed by atoms with E-state index in [-0.39, 0.29) is 147 Å². The number of furan rings is 3. The van der Waals surface area contributed by atoms with Gasteiger partial charge in [0, 0.05) is 133 Å². The summed E-state index contributed by atoms with van der Waals surface area (Å²) in [6, 6.07) is 41.2. The van der Waals surface area contributed by atoms with Crippen molar-refractivity contribution in [3.63, 3.8) is 0 Å². The average Bonchev–Trinajstić information content (AvgIpc) is 1.64. The van der Waals surface area contributed by atoms with E-state index in [0.717, 1.165) is 5.56 Å².